The Labute approximate surface area is 112 Å². The monoisotopic (exact) mass is 254 g/mol. The van der Waals surface area contributed by atoms with E-state index in [9.17, 15) is 0 Å². The molecule has 3 nitrogen and oxygen atoms in total. The lowest BCUT2D eigenvalue weighted by atomic mass is 9.64. The molecule has 1 aliphatic heterocycles. The molecule has 3 heteroatoms. The predicted octanol–water partition coefficient (Wildman–Crippen LogP) is 2.17. The Kier molecular flexibility index (Phi) is 4.35. The van der Waals surface area contributed by atoms with E-state index in [1.807, 2.05) is 0 Å². The van der Waals surface area contributed by atoms with Gasteiger partial charge in [0.05, 0.1) is 6.10 Å². The first kappa shape index (κ1) is 14.3. The van der Waals surface area contributed by atoms with E-state index in [0.29, 0.717) is 17.6 Å². The molecule has 2 N–H and O–H groups in total. The standard InChI is InChI=1S/C15H30N2O/c1-5-15(7-8-16-10-15)11-17-12-9-13(18-6-2)14(12,3)4/h12-13,16-17H,5-11H2,1-4H3. The molecular formula is C15H30N2O. The van der Waals surface area contributed by atoms with Crippen molar-refractivity contribution in [1.29, 1.82) is 0 Å². The molecule has 1 heterocycles. The second-order valence-electron chi connectivity index (χ2n) is 6.71. The maximum absolute atomic E-state index is 5.79. The van der Waals surface area contributed by atoms with Gasteiger partial charge in [0.1, 0.15) is 0 Å². The average Bonchev–Trinajstić information content (AvgIpc) is 2.82. The number of ether oxygens (including phenoxy) is 1. The summed E-state index contributed by atoms with van der Waals surface area (Å²) in [5, 5.41) is 7.32. The summed E-state index contributed by atoms with van der Waals surface area (Å²) < 4.78 is 5.79. The van der Waals surface area contributed by atoms with Crippen molar-refractivity contribution in [3.8, 4) is 0 Å². The second-order valence-corrected chi connectivity index (χ2v) is 6.71. The minimum atomic E-state index is 0.289. The highest BCUT2D eigenvalue weighted by Crippen LogP contribution is 2.43. The Morgan fingerprint density at radius 3 is 2.61 bits per heavy atom. The lowest BCUT2D eigenvalue weighted by molar-refractivity contribution is -0.115. The van der Waals surface area contributed by atoms with Crippen LogP contribution < -0.4 is 10.6 Å². The molecule has 1 saturated heterocycles. The van der Waals surface area contributed by atoms with Gasteiger partial charge in [0.2, 0.25) is 0 Å². The van der Waals surface area contributed by atoms with E-state index < -0.39 is 0 Å². The van der Waals surface area contributed by atoms with Crippen molar-refractivity contribution in [2.75, 3.05) is 26.2 Å². The largest absolute Gasteiger partial charge is 0.378 e. The van der Waals surface area contributed by atoms with Crippen molar-refractivity contribution in [2.45, 2.75) is 59.1 Å². The van der Waals surface area contributed by atoms with E-state index in [2.05, 4.69) is 38.3 Å². The molecule has 18 heavy (non-hydrogen) atoms. The van der Waals surface area contributed by atoms with Gasteiger partial charge in [0.25, 0.3) is 0 Å². The van der Waals surface area contributed by atoms with Crippen molar-refractivity contribution in [1.82, 2.24) is 10.6 Å². The van der Waals surface area contributed by atoms with Crippen LogP contribution in [0.15, 0.2) is 0 Å². The minimum Gasteiger partial charge on any atom is -0.378 e. The Bertz CT molecular complexity index is 272. The smallest absolute Gasteiger partial charge is 0.0655 e. The molecule has 2 aliphatic rings. The van der Waals surface area contributed by atoms with Crippen LogP contribution in [0.2, 0.25) is 0 Å². The SMILES string of the molecule is CCOC1CC(NCC2(CC)CCNC2)C1(C)C. The number of rotatable bonds is 6. The number of hydrogen-bond donors (Lipinski definition) is 2. The van der Waals surface area contributed by atoms with E-state index in [1.165, 1.54) is 32.4 Å². The van der Waals surface area contributed by atoms with Crippen LogP contribution in [0.4, 0.5) is 0 Å². The number of nitrogens with one attached hydrogen (secondary N) is 2. The van der Waals surface area contributed by atoms with Crippen LogP contribution in [0.5, 0.6) is 0 Å². The van der Waals surface area contributed by atoms with E-state index >= 15 is 0 Å². The zero-order valence-corrected chi connectivity index (χ0v) is 12.5. The molecule has 0 aromatic carbocycles. The summed E-state index contributed by atoms with van der Waals surface area (Å²) in [6.07, 6.45) is 4.21. The van der Waals surface area contributed by atoms with E-state index in [1.54, 1.807) is 0 Å². The summed E-state index contributed by atoms with van der Waals surface area (Å²) in [5.41, 5.74) is 0.782. The van der Waals surface area contributed by atoms with Crippen LogP contribution in [0, 0.1) is 10.8 Å². The highest BCUT2D eigenvalue weighted by Gasteiger charge is 2.49. The maximum Gasteiger partial charge on any atom is 0.0655 e. The normalized spacial score (nSPS) is 38.7. The maximum atomic E-state index is 5.79. The zero-order valence-electron chi connectivity index (χ0n) is 12.5. The van der Waals surface area contributed by atoms with Gasteiger partial charge in [-0.2, -0.15) is 0 Å². The zero-order chi connectivity index (χ0) is 13.2. The summed E-state index contributed by atoms with van der Waals surface area (Å²) in [5.74, 6) is 0. The van der Waals surface area contributed by atoms with Gasteiger partial charge in [-0.05, 0) is 38.1 Å². The van der Waals surface area contributed by atoms with Gasteiger partial charge in [-0.3, -0.25) is 0 Å². The van der Waals surface area contributed by atoms with Crippen molar-refractivity contribution in [2.24, 2.45) is 10.8 Å². The average molecular weight is 254 g/mol. The highest BCUT2D eigenvalue weighted by atomic mass is 16.5. The third-order valence-corrected chi connectivity index (χ3v) is 5.35. The second kappa shape index (κ2) is 5.48. The van der Waals surface area contributed by atoms with Gasteiger partial charge < -0.3 is 15.4 Å². The highest BCUT2D eigenvalue weighted by molar-refractivity contribution is 5.04. The lowest BCUT2D eigenvalue weighted by Gasteiger charge is -2.52. The van der Waals surface area contributed by atoms with Gasteiger partial charge in [0.15, 0.2) is 0 Å². The van der Waals surface area contributed by atoms with Crippen LogP contribution in [-0.2, 0) is 4.74 Å². The topological polar surface area (TPSA) is 33.3 Å². The summed E-state index contributed by atoms with van der Waals surface area (Å²) in [7, 11) is 0. The Balaban J connectivity index is 1.81. The van der Waals surface area contributed by atoms with Crippen LogP contribution in [0.1, 0.15) is 47.0 Å². The van der Waals surface area contributed by atoms with Crippen LogP contribution >= 0.6 is 0 Å². The number of hydrogen-bond acceptors (Lipinski definition) is 3. The molecule has 0 bridgehead atoms. The first-order valence-corrected chi connectivity index (χ1v) is 7.60. The Morgan fingerprint density at radius 1 is 1.33 bits per heavy atom. The molecule has 106 valence electrons. The lowest BCUT2D eigenvalue weighted by Crippen LogP contribution is -2.62. The molecule has 2 fully saturated rings. The van der Waals surface area contributed by atoms with E-state index in [-0.39, 0.29) is 5.41 Å². The fraction of sp³-hybridized carbons (Fsp3) is 1.00. The van der Waals surface area contributed by atoms with Crippen molar-refractivity contribution in [3.63, 3.8) is 0 Å². The summed E-state index contributed by atoms with van der Waals surface area (Å²) in [4.78, 5) is 0. The third kappa shape index (κ3) is 2.59. The van der Waals surface area contributed by atoms with Crippen LogP contribution in [0.3, 0.4) is 0 Å². The molecule has 0 radical (unpaired) electrons. The molecule has 2 rings (SSSR count). The van der Waals surface area contributed by atoms with Gasteiger partial charge >= 0.3 is 0 Å². The molecular weight excluding hydrogens is 224 g/mol. The molecule has 1 saturated carbocycles. The Morgan fingerprint density at radius 2 is 2.11 bits per heavy atom. The molecule has 0 spiro atoms. The molecule has 3 unspecified atom stereocenters. The fourth-order valence-corrected chi connectivity index (χ4v) is 3.43. The quantitative estimate of drug-likeness (QED) is 0.762. The molecule has 1 aliphatic carbocycles. The van der Waals surface area contributed by atoms with Crippen LogP contribution in [-0.4, -0.2) is 38.4 Å². The summed E-state index contributed by atoms with van der Waals surface area (Å²) in [6.45, 7) is 13.4. The van der Waals surface area contributed by atoms with E-state index in [4.69, 9.17) is 4.74 Å². The molecule has 3 atom stereocenters. The van der Waals surface area contributed by atoms with E-state index in [0.717, 1.165) is 13.2 Å². The molecule has 0 aromatic rings. The molecule has 0 amide bonds. The fourth-order valence-electron chi connectivity index (χ4n) is 3.43. The van der Waals surface area contributed by atoms with Gasteiger partial charge in [-0.1, -0.05) is 20.8 Å². The van der Waals surface area contributed by atoms with Gasteiger partial charge in [-0.15, -0.1) is 0 Å². The first-order valence-electron chi connectivity index (χ1n) is 7.60. The van der Waals surface area contributed by atoms with Crippen LogP contribution in [0.25, 0.3) is 0 Å². The third-order valence-electron chi connectivity index (χ3n) is 5.35. The summed E-state index contributed by atoms with van der Waals surface area (Å²) in [6, 6.07) is 0.623. The van der Waals surface area contributed by atoms with Gasteiger partial charge in [-0.25, -0.2) is 0 Å². The van der Waals surface area contributed by atoms with Crippen molar-refractivity contribution < 1.29 is 4.74 Å². The summed E-state index contributed by atoms with van der Waals surface area (Å²) >= 11 is 0. The first-order chi connectivity index (χ1) is 8.54. The predicted molar refractivity (Wildman–Crippen MR) is 75.8 cm³/mol. The van der Waals surface area contributed by atoms with Crippen molar-refractivity contribution >= 4 is 0 Å². The minimum absolute atomic E-state index is 0.289. The Hall–Kier alpha value is -0.120. The van der Waals surface area contributed by atoms with Crippen molar-refractivity contribution in [3.05, 3.63) is 0 Å². The van der Waals surface area contributed by atoms with Gasteiger partial charge in [0, 0.05) is 31.2 Å². The molecule has 0 aromatic heterocycles.